The minimum Gasteiger partial charge on any atom is -0.340 e. The van der Waals surface area contributed by atoms with Gasteiger partial charge < -0.3 is 9.88 Å². The molecule has 2 aromatic rings. The van der Waals surface area contributed by atoms with E-state index in [0.29, 0.717) is 30.1 Å². The van der Waals surface area contributed by atoms with Crippen LogP contribution >= 0.6 is 0 Å². The predicted octanol–water partition coefficient (Wildman–Crippen LogP) is 2.00. The lowest BCUT2D eigenvalue weighted by Crippen LogP contribution is -2.46. The fraction of sp³-hybridized carbons (Fsp3) is 0.526. The zero-order chi connectivity index (χ0) is 18.0. The predicted molar refractivity (Wildman–Crippen MR) is 98.3 cm³/mol. The highest BCUT2D eigenvalue weighted by Gasteiger charge is 2.27. The molecule has 2 heterocycles. The summed E-state index contributed by atoms with van der Waals surface area (Å²) in [4.78, 5) is 35.7. The summed E-state index contributed by atoms with van der Waals surface area (Å²) in [5.41, 5.74) is 0.632. The molecule has 1 aromatic carbocycles. The van der Waals surface area contributed by atoms with Crippen LogP contribution in [-0.2, 0) is 11.3 Å². The quantitative estimate of drug-likeness (QED) is 0.902. The molecule has 1 aromatic heterocycles. The molecule has 1 aliphatic rings. The molecule has 134 valence electrons. The Morgan fingerprint density at radius 1 is 1.32 bits per heavy atom. The van der Waals surface area contributed by atoms with Gasteiger partial charge >= 0.3 is 0 Å². The van der Waals surface area contributed by atoms with Gasteiger partial charge in [-0.3, -0.25) is 14.5 Å². The number of H-pyrrole nitrogens is 1. The third-order valence-corrected chi connectivity index (χ3v) is 4.82. The fourth-order valence-corrected chi connectivity index (χ4v) is 3.56. The normalized spacial score (nSPS) is 18.5. The minimum atomic E-state index is -0.0942. The maximum Gasteiger partial charge on any atom is 0.258 e. The summed E-state index contributed by atoms with van der Waals surface area (Å²) < 4.78 is 0. The number of nitrogens with zero attached hydrogens (tertiary/aromatic N) is 3. The molecule has 1 fully saturated rings. The van der Waals surface area contributed by atoms with Crippen molar-refractivity contribution in [1.82, 2.24) is 19.8 Å². The summed E-state index contributed by atoms with van der Waals surface area (Å²) in [7, 11) is 2.03. The van der Waals surface area contributed by atoms with Crippen molar-refractivity contribution >= 4 is 16.8 Å². The molecule has 1 atom stereocenters. The van der Waals surface area contributed by atoms with Gasteiger partial charge in [0.1, 0.15) is 5.82 Å². The van der Waals surface area contributed by atoms with E-state index in [1.807, 2.05) is 30.1 Å². The van der Waals surface area contributed by atoms with Crippen LogP contribution in [0.2, 0.25) is 0 Å². The summed E-state index contributed by atoms with van der Waals surface area (Å²) in [6, 6.07) is 7.63. The van der Waals surface area contributed by atoms with Crippen LogP contribution in [-0.4, -0.2) is 51.9 Å². The summed E-state index contributed by atoms with van der Waals surface area (Å²) in [6.07, 6.45) is 1.55. The monoisotopic (exact) mass is 342 g/mol. The SMILES string of the molecule is CC(C)N1CC(CN(C)Cc2nc3ccccc3c(=O)[nH]2)CCC1=O. The highest BCUT2D eigenvalue weighted by Crippen LogP contribution is 2.20. The minimum absolute atomic E-state index is 0.0942. The van der Waals surface area contributed by atoms with Gasteiger partial charge in [0.2, 0.25) is 5.91 Å². The Kier molecular flexibility index (Phi) is 5.18. The van der Waals surface area contributed by atoms with Gasteiger partial charge in [-0.05, 0) is 45.4 Å². The Morgan fingerprint density at radius 3 is 2.84 bits per heavy atom. The van der Waals surface area contributed by atoms with Crippen molar-refractivity contribution in [3.05, 3.63) is 40.4 Å². The van der Waals surface area contributed by atoms with Crippen LogP contribution in [0.1, 0.15) is 32.5 Å². The molecular weight excluding hydrogens is 316 g/mol. The van der Waals surface area contributed by atoms with Gasteiger partial charge in [-0.25, -0.2) is 4.98 Å². The number of benzene rings is 1. The largest absolute Gasteiger partial charge is 0.340 e. The number of carbonyl (C=O) groups is 1. The van der Waals surface area contributed by atoms with Crippen molar-refractivity contribution in [1.29, 1.82) is 0 Å². The molecule has 1 unspecified atom stereocenters. The van der Waals surface area contributed by atoms with Crippen molar-refractivity contribution in [2.24, 2.45) is 5.92 Å². The molecule has 3 rings (SSSR count). The molecule has 0 spiro atoms. The molecule has 1 N–H and O–H groups in total. The number of amides is 1. The number of fused-ring (bicyclic) bond motifs is 1. The van der Waals surface area contributed by atoms with Crippen molar-refractivity contribution in [3.8, 4) is 0 Å². The van der Waals surface area contributed by atoms with Crippen molar-refractivity contribution in [2.75, 3.05) is 20.1 Å². The van der Waals surface area contributed by atoms with Gasteiger partial charge in [-0.15, -0.1) is 0 Å². The molecular formula is C19H26N4O2. The lowest BCUT2D eigenvalue weighted by molar-refractivity contribution is -0.136. The number of hydrogen-bond acceptors (Lipinski definition) is 4. The van der Waals surface area contributed by atoms with E-state index in [4.69, 9.17) is 0 Å². The maximum absolute atomic E-state index is 12.2. The first kappa shape index (κ1) is 17.6. The molecule has 1 aliphatic heterocycles. The molecule has 1 amide bonds. The highest BCUT2D eigenvalue weighted by molar-refractivity contribution is 5.77. The van der Waals surface area contributed by atoms with E-state index in [0.717, 1.165) is 25.0 Å². The topological polar surface area (TPSA) is 69.3 Å². The number of hydrogen-bond donors (Lipinski definition) is 1. The summed E-state index contributed by atoms with van der Waals surface area (Å²) in [5, 5.41) is 0.618. The number of nitrogens with one attached hydrogen (secondary N) is 1. The van der Waals surface area contributed by atoms with Crippen molar-refractivity contribution < 1.29 is 4.79 Å². The summed E-state index contributed by atoms with van der Waals surface area (Å²) >= 11 is 0. The van der Waals surface area contributed by atoms with E-state index in [-0.39, 0.29) is 17.5 Å². The Morgan fingerprint density at radius 2 is 2.08 bits per heavy atom. The average Bonchev–Trinajstić information content (AvgIpc) is 2.56. The number of likely N-dealkylation sites (tertiary alicyclic amines) is 1. The second kappa shape index (κ2) is 7.35. The van der Waals surface area contributed by atoms with Crippen LogP contribution < -0.4 is 5.56 Å². The van der Waals surface area contributed by atoms with E-state index < -0.39 is 0 Å². The second-order valence-corrected chi connectivity index (χ2v) is 7.27. The van der Waals surface area contributed by atoms with Gasteiger partial charge in [-0.2, -0.15) is 0 Å². The van der Waals surface area contributed by atoms with Crippen LogP contribution in [0.25, 0.3) is 10.9 Å². The number of piperidine rings is 1. The third-order valence-electron chi connectivity index (χ3n) is 4.82. The molecule has 0 bridgehead atoms. The van der Waals surface area contributed by atoms with Gasteiger partial charge in [-0.1, -0.05) is 12.1 Å². The summed E-state index contributed by atoms with van der Waals surface area (Å²) in [5.74, 6) is 1.39. The summed E-state index contributed by atoms with van der Waals surface area (Å²) in [6.45, 7) is 6.41. The Bertz CT molecular complexity index is 814. The Balaban J connectivity index is 1.66. The zero-order valence-corrected chi connectivity index (χ0v) is 15.2. The molecule has 6 heteroatoms. The standard InChI is InChI=1S/C19H26N4O2/c1-13(2)23-11-14(8-9-18(23)24)10-22(3)12-17-20-16-7-5-4-6-15(16)19(25)21-17/h4-7,13-14H,8-12H2,1-3H3,(H,20,21,25). The van der Waals surface area contributed by atoms with Crippen molar-refractivity contribution in [3.63, 3.8) is 0 Å². The molecule has 6 nitrogen and oxygen atoms in total. The van der Waals surface area contributed by atoms with Crippen LogP contribution in [0.15, 0.2) is 29.1 Å². The lowest BCUT2D eigenvalue weighted by Gasteiger charge is -2.36. The first-order chi connectivity index (χ1) is 11.9. The zero-order valence-electron chi connectivity index (χ0n) is 15.2. The van der Waals surface area contributed by atoms with Gasteiger partial charge in [0.15, 0.2) is 0 Å². The fourth-order valence-electron chi connectivity index (χ4n) is 3.56. The van der Waals surface area contributed by atoms with Crippen LogP contribution in [0.5, 0.6) is 0 Å². The average molecular weight is 342 g/mol. The van der Waals surface area contributed by atoms with E-state index in [2.05, 4.69) is 28.7 Å². The highest BCUT2D eigenvalue weighted by atomic mass is 16.2. The van der Waals surface area contributed by atoms with Crippen LogP contribution in [0.3, 0.4) is 0 Å². The van der Waals surface area contributed by atoms with Crippen LogP contribution in [0.4, 0.5) is 0 Å². The molecule has 25 heavy (non-hydrogen) atoms. The van der Waals surface area contributed by atoms with E-state index in [1.165, 1.54) is 0 Å². The first-order valence-corrected chi connectivity index (χ1v) is 8.90. The molecule has 0 saturated carbocycles. The van der Waals surface area contributed by atoms with Crippen molar-refractivity contribution in [2.45, 2.75) is 39.3 Å². The number of aromatic nitrogens is 2. The number of para-hydroxylation sites is 1. The smallest absolute Gasteiger partial charge is 0.258 e. The van der Waals surface area contributed by atoms with Gasteiger partial charge in [0.05, 0.1) is 17.4 Å². The first-order valence-electron chi connectivity index (χ1n) is 8.90. The van der Waals surface area contributed by atoms with Crippen LogP contribution in [0, 0.1) is 5.92 Å². The van der Waals surface area contributed by atoms with Gasteiger partial charge in [0.25, 0.3) is 5.56 Å². The lowest BCUT2D eigenvalue weighted by atomic mass is 9.96. The second-order valence-electron chi connectivity index (χ2n) is 7.27. The van der Waals surface area contributed by atoms with E-state index in [9.17, 15) is 9.59 Å². The third kappa shape index (κ3) is 4.07. The maximum atomic E-state index is 12.2. The molecule has 0 aliphatic carbocycles. The van der Waals surface area contributed by atoms with E-state index >= 15 is 0 Å². The van der Waals surface area contributed by atoms with E-state index in [1.54, 1.807) is 6.07 Å². The molecule has 1 saturated heterocycles. The number of carbonyl (C=O) groups excluding carboxylic acids is 1. The number of aromatic amines is 1. The number of rotatable bonds is 5. The Labute approximate surface area is 147 Å². The molecule has 0 radical (unpaired) electrons. The van der Waals surface area contributed by atoms with Gasteiger partial charge in [0, 0.05) is 25.6 Å². The Hall–Kier alpha value is -2.21.